The maximum absolute atomic E-state index is 11.6. The molecule has 0 aliphatic heterocycles. The van der Waals surface area contributed by atoms with Gasteiger partial charge in [-0.1, -0.05) is 12.1 Å². The Balaban J connectivity index is 0.00000361. The molecule has 0 saturated heterocycles. The van der Waals surface area contributed by atoms with Gasteiger partial charge >= 0.3 is 0 Å². The topological polar surface area (TPSA) is 93.5 Å². The minimum Gasteiger partial charge on any atom is -0.399 e. The Hall–Kier alpha value is -1.79. The Bertz CT molecular complexity index is 423. The highest BCUT2D eigenvalue weighted by molar-refractivity contribution is 5.86. The lowest BCUT2D eigenvalue weighted by atomic mass is 10.1. The van der Waals surface area contributed by atoms with Gasteiger partial charge in [0.15, 0.2) is 0 Å². The van der Waals surface area contributed by atoms with Crippen molar-refractivity contribution in [1.29, 1.82) is 0 Å². The van der Waals surface area contributed by atoms with Gasteiger partial charge in [-0.15, -0.1) is 12.4 Å². The van der Waals surface area contributed by atoms with E-state index < -0.39 is 0 Å². The van der Waals surface area contributed by atoms with Crippen molar-refractivity contribution in [2.24, 2.45) is 0 Å². The Morgan fingerprint density at radius 1 is 1.15 bits per heavy atom. The number of carbonyl (C=O) groups excluding carboxylic acids is 2. The predicted octanol–water partition coefficient (Wildman–Crippen LogP) is 0.112. The minimum atomic E-state index is -0.234. The number of ether oxygens (including phenoxy) is 1. The zero-order chi connectivity index (χ0) is 14.1. The fourth-order valence-corrected chi connectivity index (χ4v) is 1.42. The van der Waals surface area contributed by atoms with Crippen molar-refractivity contribution in [1.82, 2.24) is 10.6 Å². The molecule has 6 nitrogen and oxygen atoms in total. The third kappa shape index (κ3) is 7.60. The van der Waals surface area contributed by atoms with E-state index in [0.29, 0.717) is 18.8 Å². The number of methoxy groups -OCH3 is 1. The van der Waals surface area contributed by atoms with Crippen LogP contribution < -0.4 is 16.4 Å². The van der Waals surface area contributed by atoms with E-state index in [-0.39, 0.29) is 37.2 Å². The first-order valence-corrected chi connectivity index (χ1v) is 5.98. The lowest BCUT2D eigenvalue weighted by Crippen LogP contribution is -2.38. The standard InChI is InChI=1S/C13H19N3O3.ClH/c1-19-7-6-15-13(18)9-16-12(17)8-10-2-4-11(14)5-3-10;/h2-5H,6-9,14H2,1H3,(H,15,18)(H,16,17);1H. The van der Waals surface area contributed by atoms with Crippen LogP contribution in [-0.2, 0) is 20.7 Å². The van der Waals surface area contributed by atoms with Crippen molar-refractivity contribution >= 4 is 29.9 Å². The summed E-state index contributed by atoms with van der Waals surface area (Å²) in [6, 6.07) is 7.04. The van der Waals surface area contributed by atoms with Crippen molar-refractivity contribution < 1.29 is 14.3 Å². The van der Waals surface area contributed by atoms with E-state index in [9.17, 15) is 9.59 Å². The summed E-state index contributed by atoms with van der Waals surface area (Å²) in [5.74, 6) is -0.436. The van der Waals surface area contributed by atoms with Gasteiger partial charge in [-0.05, 0) is 17.7 Å². The van der Waals surface area contributed by atoms with Crippen molar-refractivity contribution in [3.8, 4) is 0 Å². The first kappa shape index (κ1) is 18.2. The number of halogens is 1. The molecule has 0 saturated carbocycles. The molecule has 20 heavy (non-hydrogen) atoms. The van der Waals surface area contributed by atoms with Gasteiger partial charge in [0, 0.05) is 19.3 Å². The van der Waals surface area contributed by atoms with E-state index in [1.807, 2.05) is 0 Å². The van der Waals surface area contributed by atoms with Crippen LogP contribution in [0.15, 0.2) is 24.3 Å². The van der Waals surface area contributed by atoms with Crippen molar-refractivity contribution in [3.05, 3.63) is 29.8 Å². The Morgan fingerprint density at radius 2 is 1.80 bits per heavy atom. The fraction of sp³-hybridized carbons (Fsp3) is 0.385. The van der Waals surface area contributed by atoms with Crippen LogP contribution in [0.3, 0.4) is 0 Å². The summed E-state index contributed by atoms with van der Waals surface area (Å²) in [6.45, 7) is 0.853. The molecule has 7 heteroatoms. The van der Waals surface area contributed by atoms with E-state index in [4.69, 9.17) is 10.5 Å². The molecule has 0 bridgehead atoms. The highest BCUT2D eigenvalue weighted by Crippen LogP contribution is 2.05. The average Bonchev–Trinajstić information content (AvgIpc) is 2.39. The molecular weight excluding hydrogens is 282 g/mol. The number of nitrogens with one attached hydrogen (secondary N) is 2. The Morgan fingerprint density at radius 3 is 2.40 bits per heavy atom. The summed E-state index contributed by atoms with van der Waals surface area (Å²) in [5.41, 5.74) is 7.06. The van der Waals surface area contributed by atoms with Crippen LogP contribution in [0.25, 0.3) is 0 Å². The second-order valence-corrected chi connectivity index (χ2v) is 4.04. The molecule has 0 aromatic heterocycles. The van der Waals surface area contributed by atoms with Crippen molar-refractivity contribution in [2.45, 2.75) is 6.42 Å². The van der Waals surface area contributed by atoms with E-state index in [1.165, 1.54) is 0 Å². The number of nitrogens with two attached hydrogens (primary N) is 1. The molecule has 1 aromatic rings. The zero-order valence-electron chi connectivity index (χ0n) is 11.3. The van der Waals surface area contributed by atoms with Gasteiger partial charge < -0.3 is 21.1 Å². The number of amides is 2. The SMILES string of the molecule is COCCNC(=O)CNC(=O)Cc1ccc(N)cc1.Cl. The molecule has 1 rings (SSSR count). The molecule has 0 radical (unpaired) electrons. The molecule has 0 spiro atoms. The summed E-state index contributed by atoms with van der Waals surface area (Å²) < 4.78 is 4.79. The lowest BCUT2D eigenvalue weighted by Gasteiger charge is -2.06. The molecule has 2 amide bonds. The maximum atomic E-state index is 11.6. The third-order valence-electron chi connectivity index (χ3n) is 2.42. The molecule has 4 N–H and O–H groups in total. The molecule has 0 aliphatic rings. The van der Waals surface area contributed by atoms with Gasteiger partial charge in [0.25, 0.3) is 0 Å². The molecule has 0 fully saturated rings. The number of nitrogen functional groups attached to an aromatic ring is 1. The summed E-state index contributed by atoms with van der Waals surface area (Å²) in [7, 11) is 1.56. The summed E-state index contributed by atoms with van der Waals surface area (Å²) >= 11 is 0. The van der Waals surface area contributed by atoms with Gasteiger partial charge in [-0.25, -0.2) is 0 Å². The first-order chi connectivity index (χ1) is 9.11. The molecule has 0 heterocycles. The molecule has 0 aliphatic carbocycles. The first-order valence-electron chi connectivity index (χ1n) is 5.98. The highest BCUT2D eigenvalue weighted by atomic mass is 35.5. The van der Waals surface area contributed by atoms with Gasteiger partial charge in [-0.2, -0.15) is 0 Å². The molecule has 0 unspecified atom stereocenters. The van der Waals surface area contributed by atoms with Crippen LogP contribution in [0.4, 0.5) is 5.69 Å². The predicted molar refractivity (Wildman–Crippen MR) is 79.7 cm³/mol. The number of rotatable bonds is 7. The summed E-state index contributed by atoms with van der Waals surface area (Å²) in [5, 5.41) is 5.16. The quantitative estimate of drug-likeness (QED) is 0.492. The second kappa shape index (κ2) is 10.1. The van der Waals surface area contributed by atoms with E-state index in [1.54, 1.807) is 31.4 Å². The molecule has 112 valence electrons. The molecule has 1 aromatic carbocycles. The minimum absolute atomic E-state index is 0. The van der Waals surface area contributed by atoms with E-state index in [0.717, 1.165) is 5.56 Å². The third-order valence-corrected chi connectivity index (χ3v) is 2.42. The lowest BCUT2D eigenvalue weighted by molar-refractivity contribution is -0.125. The van der Waals surface area contributed by atoms with Crippen LogP contribution in [0.2, 0.25) is 0 Å². The largest absolute Gasteiger partial charge is 0.399 e. The van der Waals surface area contributed by atoms with Crippen molar-refractivity contribution in [2.75, 3.05) is 32.5 Å². The highest BCUT2D eigenvalue weighted by Gasteiger charge is 2.06. The van der Waals surface area contributed by atoms with Crippen LogP contribution in [0.5, 0.6) is 0 Å². The van der Waals surface area contributed by atoms with Crippen molar-refractivity contribution in [3.63, 3.8) is 0 Å². The second-order valence-electron chi connectivity index (χ2n) is 4.04. The van der Waals surface area contributed by atoms with E-state index >= 15 is 0 Å². The van der Waals surface area contributed by atoms with Crippen LogP contribution in [-0.4, -0.2) is 38.6 Å². The van der Waals surface area contributed by atoms with Gasteiger partial charge in [0.2, 0.25) is 11.8 Å². The normalized spacial score (nSPS) is 9.45. The number of hydrogen-bond donors (Lipinski definition) is 3. The smallest absolute Gasteiger partial charge is 0.239 e. The monoisotopic (exact) mass is 301 g/mol. The summed E-state index contributed by atoms with van der Waals surface area (Å²) in [4.78, 5) is 22.9. The molecular formula is C13H20ClN3O3. The number of anilines is 1. The van der Waals surface area contributed by atoms with Crippen LogP contribution in [0.1, 0.15) is 5.56 Å². The van der Waals surface area contributed by atoms with Crippen LogP contribution in [0, 0.1) is 0 Å². The van der Waals surface area contributed by atoms with Gasteiger partial charge in [0.05, 0.1) is 19.6 Å². The van der Waals surface area contributed by atoms with Gasteiger partial charge in [0.1, 0.15) is 0 Å². The number of benzene rings is 1. The number of hydrogen-bond acceptors (Lipinski definition) is 4. The Labute approximate surface area is 124 Å². The van der Waals surface area contributed by atoms with E-state index in [2.05, 4.69) is 10.6 Å². The van der Waals surface area contributed by atoms with Gasteiger partial charge in [-0.3, -0.25) is 9.59 Å². The fourth-order valence-electron chi connectivity index (χ4n) is 1.42. The average molecular weight is 302 g/mol. The zero-order valence-corrected chi connectivity index (χ0v) is 12.2. The Kier molecular flexibility index (Phi) is 9.15. The number of carbonyl (C=O) groups is 2. The maximum Gasteiger partial charge on any atom is 0.239 e. The van der Waals surface area contributed by atoms with Crippen LogP contribution >= 0.6 is 12.4 Å². The molecule has 0 atom stereocenters. The summed E-state index contributed by atoms with van der Waals surface area (Å²) in [6.07, 6.45) is 0.228.